The molecule has 0 radical (unpaired) electrons. The Bertz CT molecular complexity index is 350. The second-order valence-electron chi connectivity index (χ2n) is 2.25. The Morgan fingerprint density at radius 2 is 1.93 bits per heavy atom. The van der Waals surface area contributed by atoms with Crippen molar-refractivity contribution in [3.8, 4) is 5.75 Å². The van der Waals surface area contributed by atoms with Crippen LogP contribution in [0.25, 0.3) is 0 Å². The first-order chi connectivity index (χ1) is 6.42. The summed E-state index contributed by atoms with van der Waals surface area (Å²) in [6.45, 7) is 0. The van der Waals surface area contributed by atoms with E-state index >= 15 is 0 Å². The molecule has 1 rings (SSSR count). The van der Waals surface area contributed by atoms with Crippen LogP contribution >= 0.6 is 0 Å². The van der Waals surface area contributed by atoms with Crippen molar-refractivity contribution in [1.82, 2.24) is 0 Å². The first-order valence-corrected chi connectivity index (χ1v) is 3.31. The van der Waals surface area contributed by atoms with Gasteiger partial charge in [0.2, 0.25) is 0 Å². The Morgan fingerprint density at radius 3 is 2.43 bits per heavy atom. The quantitative estimate of drug-likeness (QED) is 0.554. The minimum atomic E-state index is -4.93. The monoisotopic (exact) mass is 209 g/mol. The third-order valence-electron chi connectivity index (χ3n) is 1.25. The standard InChI is InChI=1S/C7H3F4NO2/c8-4-1-2-6(5(3-4)12-13)14-7(9,10)11/h1-3H. The van der Waals surface area contributed by atoms with Crippen LogP contribution < -0.4 is 4.74 Å². The van der Waals surface area contributed by atoms with Gasteiger partial charge in [-0.2, -0.15) is 0 Å². The van der Waals surface area contributed by atoms with E-state index in [2.05, 4.69) is 9.91 Å². The number of benzene rings is 1. The molecule has 0 N–H and O–H groups in total. The van der Waals surface area contributed by atoms with E-state index in [-0.39, 0.29) is 0 Å². The smallest absolute Gasteiger partial charge is 0.403 e. The van der Waals surface area contributed by atoms with Crippen molar-refractivity contribution in [2.24, 2.45) is 5.18 Å². The lowest BCUT2D eigenvalue weighted by Crippen LogP contribution is -2.17. The molecular formula is C7H3F4NO2. The summed E-state index contributed by atoms with van der Waals surface area (Å²) in [5.41, 5.74) is -0.734. The Labute approximate surface area is 75.3 Å². The fraction of sp³-hybridized carbons (Fsp3) is 0.143. The van der Waals surface area contributed by atoms with Gasteiger partial charge < -0.3 is 4.74 Å². The molecule has 7 heteroatoms. The molecule has 0 fully saturated rings. The summed E-state index contributed by atoms with van der Waals surface area (Å²) in [6.07, 6.45) is -4.93. The van der Waals surface area contributed by atoms with Crippen LogP contribution in [0.15, 0.2) is 23.4 Å². The summed E-state index contributed by atoms with van der Waals surface area (Å²) in [5.74, 6) is -1.69. The van der Waals surface area contributed by atoms with Crippen molar-refractivity contribution in [1.29, 1.82) is 0 Å². The van der Waals surface area contributed by atoms with Crippen molar-refractivity contribution in [2.75, 3.05) is 0 Å². The van der Waals surface area contributed by atoms with E-state index in [0.717, 1.165) is 6.07 Å². The van der Waals surface area contributed by atoms with E-state index < -0.39 is 23.6 Å². The van der Waals surface area contributed by atoms with E-state index in [9.17, 15) is 22.5 Å². The minimum absolute atomic E-state index is 0.550. The van der Waals surface area contributed by atoms with Crippen molar-refractivity contribution >= 4 is 5.69 Å². The highest BCUT2D eigenvalue weighted by molar-refractivity contribution is 5.51. The second-order valence-corrected chi connectivity index (χ2v) is 2.25. The maximum Gasteiger partial charge on any atom is 0.573 e. The predicted octanol–water partition coefficient (Wildman–Crippen LogP) is 3.12. The molecule has 0 saturated carbocycles. The zero-order chi connectivity index (χ0) is 10.8. The van der Waals surface area contributed by atoms with Crippen molar-refractivity contribution in [2.45, 2.75) is 6.36 Å². The van der Waals surface area contributed by atoms with Crippen LogP contribution in [0, 0.1) is 10.7 Å². The molecule has 3 nitrogen and oxygen atoms in total. The topological polar surface area (TPSA) is 38.7 Å². The number of nitroso groups, excluding NO2 is 1. The van der Waals surface area contributed by atoms with Crippen LogP contribution in [0.4, 0.5) is 23.2 Å². The largest absolute Gasteiger partial charge is 0.573 e. The van der Waals surface area contributed by atoms with Gasteiger partial charge in [-0.1, -0.05) is 0 Å². The van der Waals surface area contributed by atoms with E-state index in [0.29, 0.717) is 12.1 Å². The maximum atomic E-state index is 12.4. The normalized spacial score (nSPS) is 11.1. The van der Waals surface area contributed by atoms with Gasteiger partial charge in [0.1, 0.15) is 5.82 Å². The average molecular weight is 209 g/mol. The molecule has 14 heavy (non-hydrogen) atoms. The zero-order valence-corrected chi connectivity index (χ0v) is 6.51. The van der Waals surface area contributed by atoms with Gasteiger partial charge in [-0.15, -0.1) is 18.1 Å². The third kappa shape index (κ3) is 2.68. The van der Waals surface area contributed by atoms with Gasteiger partial charge in [0.25, 0.3) is 0 Å². The Kier molecular flexibility index (Phi) is 2.68. The van der Waals surface area contributed by atoms with Crippen LogP contribution in [0.3, 0.4) is 0 Å². The van der Waals surface area contributed by atoms with Crippen LogP contribution in [-0.4, -0.2) is 6.36 Å². The Morgan fingerprint density at radius 1 is 1.29 bits per heavy atom. The van der Waals surface area contributed by atoms with Crippen LogP contribution in [0.2, 0.25) is 0 Å². The van der Waals surface area contributed by atoms with Gasteiger partial charge >= 0.3 is 6.36 Å². The number of hydrogen-bond donors (Lipinski definition) is 0. The lowest BCUT2D eigenvalue weighted by atomic mass is 10.3. The maximum absolute atomic E-state index is 12.4. The molecule has 0 aliphatic rings. The number of hydrogen-bond acceptors (Lipinski definition) is 3. The average Bonchev–Trinajstić information content (AvgIpc) is 2.06. The molecule has 0 heterocycles. The number of nitrogens with zero attached hydrogens (tertiary/aromatic N) is 1. The zero-order valence-electron chi connectivity index (χ0n) is 6.51. The van der Waals surface area contributed by atoms with Gasteiger partial charge in [0.05, 0.1) is 0 Å². The summed E-state index contributed by atoms with van der Waals surface area (Å²) in [5, 5.41) is 2.20. The molecule has 0 amide bonds. The van der Waals surface area contributed by atoms with Crippen molar-refractivity contribution in [3.05, 3.63) is 28.9 Å². The van der Waals surface area contributed by atoms with Gasteiger partial charge in [0.15, 0.2) is 11.4 Å². The van der Waals surface area contributed by atoms with E-state index in [4.69, 9.17) is 0 Å². The highest BCUT2D eigenvalue weighted by Gasteiger charge is 2.32. The molecule has 1 aromatic rings. The molecule has 1 aromatic carbocycles. The molecule has 0 bridgehead atoms. The molecule has 0 spiro atoms. The summed E-state index contributed by atoms with van der Waals surface area (Å²) in [7, 11) is 0. The lowest BCUT2D eigenvalue weighted by molar-refractivity contribution is -0.274. The van der Waals surface area contributed by atoms with E-state index in [1.54, 1.807) is 0 Å². The summed E-state index contributed by atoms with van der Waals surface area (Å²) in [4.78, 5) is 10.0. The molecule has 0 saturated heterocycles. The number of alkyl halides is 3. The highest BCUT2D eigenvalue weighted by atomic mass is 19.4. The van der Waals surface area contributed by atoms with Gasteiger partial charge in [-0.3, -0.25) is 0 Å². The molecule has 0 atom stereocenters. The van der Waals surface area contributed by atoms with Gasteiger partial charge in [-0.05, 0) is 17.3 Å². The molecular weight excluding hydrogens is 206 g/mol. The number of ether oxygens (including phenoxy) is 1. The number of rotatable bonds is 2. The SMILES string of the molecule is O=Nc1cc(F)ccc1OC(F)(F)F. The fourth-order valence-corrected chi connectivity index (χ4v) is 0.773. The fourth-order valence-electron chi connectivity index (χ4n) is 0.773. The summed E-state index contributed by atoms with van der Waals surface area (Å²) >= 11 is 0. The summed E-state index contributed by atoms with van der Waals surface area (Å²) in [6, 6.07) is 1.96. The van der Waals surface area contributed by atoms with Crippen molar-refractivity contribution < 1.29 is 22.3 Å². The van der Waals surface area contributed by atoms with Crippen LogP contribution in [-0.2, 0) is 0 Å². The minimum Gasteiger partial charge on any atom is -0.403 e. The highest BCUT2D eigenvalue weighted by Crippen LogP contribution is 2.32. The molecule has 0 unspecified atom stereocenters. The number of halogens is 4. The van der Waals surface area contributed by atoms with Gasteiger partial charge in [-0.25, -0.2) is 4.39 Å². The second kappa shape index (κ2) is 3.60. The lowest BCUT2D eigenvalue weighted by Gasteiger charge is -2.09. The van der Waals surface area contributed by atoms with E-state index in [1.807, 2.05) is 0 Å². The third-order valence-corrected chi connectivity index (χ3v) is 1.25. The Hall–Kier alpha value is -1.66. The predicted molar refractivity (Wildman–Crippen MR) is 38.5 cm³/mol. The van der Waals surface area contributed by atoms with Crippen LogP contribution in [0.5, 0.6) is 5.75 Å². The first-order valence-electron chi connectivity index (χ1n) is 3.31. The molecule has 0 aromatic heterocycles. The first kappa shape index (κ1) is 10.4. The van der Waals surface area contributed by atoms with Crippen LogP contribution in [0.1, 0.15) is 0 Å². The summed E-state index contributed by atoms with van der Waals surface area (Å²) < 4.78 is 50.9. The van der Waals surface area contributed by atoms with Gasteiger partial charge in [0, 0.05) is 6.07 Å². The molecule has 76 valence electrons. The van der Waals surface area contributed by atoms with E-state index in [1.165, 1.54) is 0 Å². The van der Waals surface area contributed by atoms with Crippen molar-refractivity contribution in [3.63, 3.8) is 0 Å². The Balaban J connectivity index is 3.03. The molecule has 0 aliphatic heterocycles. The molecule has 0 aliphatic carbocycles.